The number of aromatic amines is 1. The molecule has 2 aromatic rings. The van der Waals surface area contributed by atoms with Gasteiger partial charge in [-0.2, -0.15) is 0 Å². The third-order valence-electron chi connectivity index (χ3n) is 6.15. The van der Waals surface area contributed by atoms with E-state index in [0.717, 1.165) is 50.4 Å². The van der Waals surface area contributed by atoms with E-state index >= 15 is 0 Å². The molecule has 0 radical (unpaired) electrons. The lowest BCUT2D eigenvalue weighted by atomic mass is 9.91. The number of guanidine groups is 1. The van der Waals surface area contributed by atoms with Crippen LogP contribution in [0, 0.1) is 0 Å². The zero-order chi connectivity index (χ0) is 23.9. The van der Waals surface area contributed by atoms with Gasteiger partial charge in [0.1, 0.15) is 0 Å². The van der Waals surface area contributed by atoms with Crippen molar-refractivity contribution in [2.24, 2.45) is 9.98 Å². The SMILES string of the molecule is C=N\C(=N/C(=C\C)/C=C1\SC(O)NC1=O)N[C@H]1CC[C@H](NCCc2cc3ccccc3[nH]2)CC1. The highest BCUT2D eigenvalue weighted by Gasteiger charge is 2.25. The number of aliphatic hydroxyl groups excluding tert-OH is 1. The standard InChI is InChI=1S/C25H32N6O2S/c1-3-17(15-22-23(32)31-25(33)34-22)29-24(26-2)30-19-10-8-18(9-11-19)27-13-12-20-14-16-6-4-5-7-21(16)28-20/h3-7,14-15,18-19,25,27-28,33H,2,8-13H2,1H3,(H,29,30)(H,31,32)/b17-3-,22-15-/t18-,19-,25?. The molecule has 0 spiro atoms. The van der Waals surface area contributed by atoms with Crippen molar-refractivity contribution >= 4 is 41.2 Å². The van der Waals surface area contributed by atoms with Gasteiger partial charge in [-0.05, 0) is 69.3 Å². The number of aliphatic imine (C=N–C) groups is 2. The van der Waals surface area contributed by atoms with Gasteiger partial charge in [0.25, 0.3) is 5.91 Å². The Morgan fingerprint density at radius 1 is 1.26 bits per heavy atom. The first-order valence-corrected chi connectivity index (χ1v) is 12.6. The molecule has 4 rings (SSSR count). The van der Waals surface area contributed by atoms with Crippen LogP contribution < -0.4 is 16.0 Å². The van der Waals surface area contributed by atoms with Crippen molar-refractivity contribution in [3.63, 3.8) is 0 Å². The van der Waals surface area contributed by atoms with Gasteiger partial charge >= 0.3 is 0 Å². The summed E-state index contributed by atoms with van der Waals surface area (Å²) in [4.78, 5) is 24.3. The third-order valence-corrected chi connectivity index (χ3v) is 7.05. The first kappa shape index (κ1) is 24.3. The van der Waals surface area contributed by atoms with Crippen LogP contribution in [0.3, 0.4) is 0 Å². The van der Waals surface area contributed by atoms with E-state index < -0.39 is 5.56 Å². The van der Waals surface area contributed by atoms with Crippen molar-refractivity contribution in [2.45, 2.75) is 56.7 Å². The minimum absolute atomic E-state index is 0.285. The molecule has 180 valence electrons. The Labute approximate surface area is 204 Å². The molecule has 2 aliphatic rings. The number of amides is 1. The Bertz CT molecular complexity index is 1080. The van der Waals surface area contributed by atoms with Crippen LogP contribution in [0.25, 0.3) is 10.9 Å². The van der Waals surface area contributed by atoms with Gasteiger partial charge in [0.05, 0.1) is 10.6 Å². The van der Waals surface area contributed by atoms with Crippen LogP contribution >= 0.6 is 11.8 Å². The summed E-state index contributed by atoms with van der Waals surface area (Å²) in [5.41, 5.74) is 2.13. The normalized spacial score (nSPS) is 25.1. The van der Waals surface area contributed by atoms with Crippen molar-refractivity contribution < 1.29 is 9.90 Å². The Hall–Kier alpha value is -2.88. The molecule has 1 aliphatic heterocycles. The summed E-state index contributed by atoms with van der Waals surface area (Å²) in [6.45, 7) is 6.44. The molecule has 1 saturated carbocycles. The maximum atomic E-state index is 11.8. The monoisotopic (exact) mass is 480 g/mol. The van der Waals surface area contributed by atoms with Crippen molar-refractivity contribution in [3.8, 4) is 0 Å². The maximum absolute atomic E-state index is 11.8. The molecule has 1 amide bonds. The first-order chi connectivity index (χ1) is 16.5. The number of nitrogens with zero attached hydrogens (tertiary/aromatic N) is 2. The van der Waals surface area contributed by atoms with Crippen LogP contribution in [0.2, 0.25) is 0 Å². The van der Waals surface area contributed by atoms with Crippen molar-refractivity contribution in [1.82, 2.24) is 20.9 Å². The van der Waals surface area contributed by atoms with E-state index in [9.17, 15) is 9.90 Å². The molecule has 1 saturated heterocycles. The third kappa shape index (κ3) is 6.37. The Balaban J connectivity index is 1.23. The second kappa shape index (κ2) is 11.5. The largest absolute Gasteiger partial charge is 0.364 e. The second-order valence-corrected chi connectivity index (χ2v) is 9.66. The Morgan fingerprint density at radius 3 is 2.71 bits per heavy atom. The van der Waals surface area contributed by atoms with E-state index in [0.29, 0.717) is 22.6 Å². The molecule has 0 bridgehead atoms. The molecule has 1 aromatic heterocycles. The number of thioether (sulfide) groups is 1. The maximum Gasteiger partial charge on any atom is 0.260 e. The highest BCUT2D eigenvalue weighted by Crippen LogP contribution is 2.27. The van der Waals surface area contributed by atoms with Gasteiger partial charge in [0, 0.05) is 29.8 Å². The smallest absolute Gasteiger partial charge is 0.260 e. The molecule has 2 heterocycles. The lowest BCUT2D eigenvalue weighted by Gasteiger charge is -2.30. The molecule has 8 nitrogen and oxygen atoms in total. The topological polar surface area (TPSA) is 114 Å². The van der Waals surface area contributed by atoms with Crippen LogP contribution in [0.4, 0.5) is 0 Å². The van der Waals surface area contributed by atoms with Gasteiger partial charge < -0.3 is 26.0 Å². The summed E-state index contributed by atoms with van der Waals surface area (Å²) < 4.78 is 0. The molecule has 9 heteroatoms. The lowest BCUT2D eigenvalue weighted by molar-refractivity contribution is -0.117. The first-order valence-electron chi connectivity index (χ1n) is 11.7. The van der Waals surface area contributed by atoms with E-state index in [1.807, 2.05) is 6.92 Å². The summed E-state index contributed by atoms with van der Waals surface area (Å²) in [6.07, 6.45) is 8.65. The van der Waals surface area contributed by atoms with Crippen molar-refractivity contribution in [3.05, 3.63) is 58.8 Å². The molecular weight excluding hydrogens is 448 g/mol. The minimum Gasteiger partial charge on any atom is -0.364 e. The lowest BCUT2D eigenvalue weighted by Crippen LogP contribution is -2.42. The van der Waals surface area contributed by atoms with Crippen LogP contribution in [-0.4, -0.2) is 52.9 Å². The minimum atomic E-state index is -0.915. The van der Waals surface area contributed by atoms with E-state index in [4.69, 9.17) is 0 Å². The van der Waals surface area contributed by atoms with Gasteiger partial charge in [-0.3, -0.25) is 4.79 Å². The molecule has 1 aliphatic carbocycles. The number of carbonyl (C=O) groups is 1. The number of nitrogens with one attached hydrogen (secondary N) is 4. The van der Waals surface area contributed by atoms with Gasteiger partial charge in [-0.1, -0.05) is 36.0 Å². The number of aromatic nitrogens is 1. The summed E-state index contributed by atoms with van der Waals surface area (Å²) >= 11 is 1.06. The van der Waals surface area contributed by atoms with Gasteiger partial charge in [-0.15, -0.1) is 0 Å². The number of fused-ring (bicyclic) bond motifs is 1. The summed E-state index contributed by atoms with van der Waals surface area (Å²) in [7, 11) is 0. The van der Waals surface area contributed by atoms with Gasteiger partial charge in [0.15, 0.2) is 5.56 Å². The van der Waals surface area contributed by atoms with E-state index in [-0.39, 0.29) is 11.9 Å². The number of allylic oxidation sites excluding steroid dienone is 2. The fourth-order valence-electron chi connectivity index (χ4n) is 4.34. The van der Waals surface area contributed by atoms with Gasteiger partial charge in [-0.25, -0.2) is 9.98 Å². The van der Waals surface area contributed by atoms with Crippen LogP contribution in [0.5, 0.6) is 0 Å². The quantitative estimate of drug-likeness (QED) is 0.237. The Kier molecular flexibility index (Phi) is 8.21. The number of hydrogen-bond donors (Lipinski definition) is 5. The molecule has 34 heavy (non-hydrogen) atoms. The highest BCUT2D eigenvalue weighted by atomic mass is 32.2. The number of benzene rings is 1. The number of rotatable bonds is 7. The predicted molar refractivity (Wildman–Crippen MR) is 140 cm³/mol. The summed E-state index contributed by atoms with van der Waals surface area (Å²) in [5, 5.41) is 20.3. The Morgan fingerprint density at radius 2 is 2.03 bits per heavy atom. The number of aliphatic hydroxyl groups is 1. The fraction of sp³-hybridized carbons (Fsp3) is 0.400. The zero-order valence-electron chi connectivity index (χ0n) is 19.4. The number of H-pyrrole nitrogens is 1. The summed E-state index contributed by atoms with van der Waals surface area (Å²) in [6, 6.07) is 11.4. The van der Waals surface area contributed by atoms with Crippen LogP contribution in [-0.2, 0) is 11.2 Å². The van der Waals surface area contributed by atoms with Crippen LogP contribution in [0.15, 0.2) is 63.1 Å². The zero-order valence-corrected chi connectivity index (χ0v) is 20.2. The van der Waals surface area contributed by atoms with E-state index in [1.165, 1.54) is 16.6 Å². The predicted octanol–water partition coefficient (Wildman–Crippen LogP) is 3.18. The summed E-state index contributed by atoms with van der Waals surface area (Å²) in [5.74, 6) is 0.146. The number of hydrogen-bond acceptors (Lipinski definition) is 5. The average Bonchev–Trinajstić information content (AvgIpc) is 3.40. The highest BCUT2D eigenvalue weighted by molar-refractivity contribution is 8.04. The average molecular weight is 481 g/mol. The van der Waals surface area contributed by atoms with Crippen molar-refractivity contribution in [2.75, 3.05) is 6.54 Å². The van der Waals surface area contributed by atoms with Crippen LogP contribution in [0.1, 0.15) is 38.3 Å². The molecule has 1 unspecified atom stereocenters. The molecule has 2 fully saturated rings. The number of para-hydroxylation sites is 1. The second-order valence-electron chi connectivity index (χ2n) is 8.54. The molecule has 5 N–H and O–H groups in total. The van der Waals surface area contributed by atoms with Crippen molar-refractivity contribution in [1.29, 1.82) is 0 Å². The number of carbonyl (C=O) groups excluding carboxylic acids is 1. The molecule has 1 atom stereocenters. The fourth-order valence-corrected chi connectivity index (χ4v) is 5.10. The van der Waals surface area contributed by atoms with E-state index in [1.54, 1.807) is 12.2 Å². The van der Waals surface area contributed by atoms with Gasteiger partial charge in [0.2, 0.25) is 5.96 Å². The molecule has 1 aromatic carbocycles. The van der Waals surface area contributed by atoms with E-state index in [2.05, 4.69) is 68.0 Å². The molecular formula is C25H32N6O2S.